The van der Waals surface area contributed by atoms with E-state index < -0.39 is 0 Å². The number of hydrogen-bond acceptors (Lipinski definition) is 3. The molecule has 1 aliphatic heterocycles. The van der Waals surface area contributed by atoms with Crippen LogP contribution >= 0.6 is 0 Å². The Kier molecular flexibility index (Phi) is 5.09. The summed E-state index contributed by atoms with van der Waals surface area (Å²) in [5.41, 5.74) is 4.54. The van der Waals surface area contributed by atoms with E-state index in [-0.39, 0.29) is 11.9 Å². The first-order valence-electron chi connectivity index (χ1n) is 8.76. The molecule has 0 unspecified atom stereocenters. The molecule has 3 rings (SSSR count). The number of carbonyl (C=O) groups excluding carboxylic acids is 1. The zero-order valence-electron chi connectivity index (χ0n) is 15.5. The molecule has 132 valence electrons. The van der Waals surface area contributed by atoms with Crippen molar-refractivity contribution in [1.29, 1.82) is 0 Å². The number of carbonyl (C=O) groups is 1. The maximum Gasteiger partial charge on any atom is 0.244 e. The molecule has 0 aliphatic carbocycles. The average Bonchev–Trinajstić information content (AvgIpc) is 2.61. The number of anilines is 1. The highest BCUT2D eigenvalue weighted by atomic mass is 16.5. The number of benzene rings is 2. The van der Waals surface area contributed by atoms with Crippen LogP contribution in [0.1, 0.15) is 23.6 Å². The van der Waals surface area contributed by atoms with Crippen molar-refractivity contribution in [2.75, 3.05) is 25.1 Å². The van der Waals surface area contributed by atoms with E-state index in [1.54, 1.807) is 7.11 Å². The Labute approximate surface area is 150 Å². The van der Waals surface area contributed by atoms with E-state index in [1.165, 1.54) is 11.1 Å². The summed E-state index contributed by atoms with van der Waals surface area (Å²) in [6.07, 6.45) is 0. The van der Waals surface area contributed by atoms with E-state index >= 15 is 0 Å². The van der Waals surface area contributed by atoms with Gasteiger partial charge in [0.1, 0.15) is 5.75 Å². The lowest BCUT2D eigenvalue weighted by Crippen LogP contribution is -2.55. The zero-order valence-corrected chi connectivity index (χ0v) is 15.5. The maximum atomic E-state index is 13.0. The lowest BCUT2D eigenvalue weighted by atomic mass is 10.1. The molecule has 0 aromatic heterocycles. The molecule has 2 aromatic carbocycles. The van der Waals surface area contributed by atoms with Crippen LogP contribution in [0.15, 0.2) is 42.5 Å². The lowest BCUT2D eigenvalue weighted by Gasteiger charge is -2.39. The minimum atomic E-state index is -0.154. The molecule has 0 N–H and O–H groups in total. The van der Waals surface area contributed by atoms with E-state index in [1.807, 2.05) is 36.9 Å². The van der Waals surface area contributed by atoms with Gasteiger partial charge in [-0.15, -0.1) is 0 Å². The van der Waals surface area contributed by atoms with Crippen LogP contribution in [0.3, 0.4) is 0 Å². The Balaban J connectivity index is 1.80. The number of hydrogen-bond donors (Lipinski definition) is 0. The number of piperazine rings is 1. The van der Waals surface area contributed by atoms with Crippen LogP contribution in [0.25, 0.3) is 0 Å². The van der Waals surface area contributed by atoms with Gasteiger partial charge in [-0.05, 0) is 49.6 Å². The zero-order chi connectivity index (χ0) is 18.0. The number of aryl methyl sites for hydroxylation is 2. The smallest absolute Gasteiger partial charge is 0.244 e. The topological polar surface area (TPSA) is 32.8 Å². The van der Waals surface area contributed by atoms with Gasteiger partial charge < -0.3 is 9.64 Å². The molecule has 4 heteroatoms. The van der Waals surface area contributed by atoms with Crippen LogP contribution in [-0.2, 0) is 11.3 Å². The van der Waals surface area contributed by atoms with Crippen LogP contribution in [0.4, 0.5) is 5.69 Å². The SMILES string of the molecule is COc1ccc(C)cc1N1CCN(Cc2ccccc2C)[C@H](C)C1=O. The molecule has 4 nitrogen and oxygen atoms in total. The minimum Gasteiger partial charge on any atom is -0.495 e. The second-order valence-corrected chi connectivity index (χ2v) is 6.74. The molecule has 1 aliphatic rings. The summed E-state index contributed by atoms with van der Waals surface area (Å²) in [5.74, 6) is 0.877. The van der Waals surface area contributed by atoms with Crippen molar-refractivity contribution >= 4 is 11.6 Å². The van der Waals surface area contributed by atoms with Crippen LogP contribution in [-0.4, -0.2) is 37.0 Å². The highest BCUT2D eigenvalue weighted by molar-refractivity contribution is 5.99. The molecule has 0 radical (unpaired) electrons. The van der Waals surface area contributed by atoms with Crippen molar-refractivity contribution in [3.8, 4) is 5.75 Å². The van der Waals surface area contributed by atoms with Crippen LogP contribution in [0, 0.1) is 13.8 Å². The van der Waals surface area contributed by atoms with Gasteiger partial charge >= 0.3 is 0 Å². The molecule has 2 aromatic rings. The Morgan fingerprint density at radius 3 is 2.60 bits per heavy atom. The van der Waals surface area contributed by atoms with Gasteiger partial charge in [0.15, 0.2) is 0 Å². The quantitative estimate of drug-likeness (QED) is 0.855. The third kappa shape index (κ3) is 3.54. The van der Waals surface area contributed by atoms with Gasteiger partial charge in [0.05, 0.1) is 18.8 Å². The highest BCUT2D eigenvalue weighted by Crippen LogP contribution is 2.31. The van der Waals surface area contributed by atoms with E-state index in [4.69, 9.17) is 4.74 Å². The summed E-state index contributed by atoms with van der Waals surface area (Å²) in [6, 6.07) is 14.2. The summed E-state index contributed by atoms with van der Waals surface area (Å²) >= 11 is 0. The fraction of sp³-hybridized carbons (Fsp3) is 0.381. The monoisotopic (exact) mass is 338 g/mol. The predicted octanol–water partition coefficient (Wildman–Crippen LogP) is 3.55. The molecule has 1 amide bonds. The first-order chi connectivity index (χ1) is 12.0. The minimum absolute atomic E-state index is 0.128. The van der Waals surface area contributed by atoms with E-state index in [0.717, 1.165) is 30.1 Å². The molecule has 1 fully saturated rings. The van der Waals surface area contributed by atoms with E-state index in [9.17, 15) is 4.79 Å². The lowest BCUT2D eigenvalue weighted by molar-refractivity contribution is -0.125. The molecule has 0 bridgehead atoms. The van der Waals surface area contributed by atoms with Gasteiger partial charge in [0.2, 0.25) is 5.91 Å². The van der Waals surface area contributed by atoms with Crippen LogP contribution in [0.2, 0.25) is 0 Å². The van der Waals surface area contributed by atoms with E-state index in [2.05, 4.69) is 36.1 Å². The number of nitrogens with zero attached hydrogens (tertiary/aromatic N) is 2. The van der Waals surface area contributed by atoms with Crippen molar-refractivity contribution in [2.24, 2.45) is 0 Å². The average molecular weight is 338 g/mol. The van der Waals surface area contributed by atoms with Crippen LogP contribution < -0.4 is 9.64 Å². The standard InChI is InChI=1S/C21H26N2O2/c1-15-9-10-20(25-4)19(13-15)23-12-11-22(17(3)21(23)24)14-18-8-6-5-7-16(18)2/h5-10,13,17H,11-12,14H2,1-4H3/t17-/m1/s1. The first kappa shape index (κ1) is 17.5. The maximum absolute atomic E-state index is 13.0. The molecule has 25 heavy (non-hydrogen) atoms. The Hall–Kier alpha value is -2.33. The fourth-order valence-electron chi connectivity index (χ4n) is 3.39. The normalized spacial score (nSPS) is 18.5. The molecule has 0 saturated carbocycles. The van der Waals surface area contributed by atoms with Crippen molar-refractivity contribution in [3.63, 3.8) is 0 Å². The van der Waals surface area contributed by atoms with E-state index in [0.29, 0.717) is 6.54 Å². The van der Waals surface area contributed by atoms with Crippen molar-refractivity contribution in [3.05, 3.63) is 59.2 Å². The van der Waals surface area contributed by atoms with Gasteiger partial charge in [-0.1, -0.05) is 30.3 Å². The molecule has 1 heterocycles. The second-order valence-electron chi connectivity index (χ2n) is 6.74. The number of rotatable bonds is 4. The van der Waals surface area contributed by atoms with Gasteiger partial charge in [-0.25, -0.2) is 0 Å². The summed E-state index contributed by atoms with van der Waals surface area (Å²) in [4.78, 5) is 17.1. The van der Waals surface area contributed by atoms with Crippen LogP contribution in [0.5, 0.6) is 5.75 Å². The second kappa shape index (κ2) is 7.28. The van der Waals surface area contributed by atoms with Crippen molar-refractivity contribution < 1.29 is 9.53 Å². The Bertz CT molecular complexity index is 772. The summed E-state index contributed by atoms with van der Waals surface area (Å²) in [7, 11) is 1.65. The van der Waals surface area contributed by atoms with Crippen molar-refractivity contribution in [1.82, 2.24) is 4.90 Å². The number of methoxy groups -OCH3 is 1. The summed E-state index contributed by atoms with van der Waals surface area (Å²) in [6.45, 7) is 8.47. The number of ether oxygens (including phenoxy) is 1. The van der Waals surface area contributed by atoms with Gasteiger partial charge in [-0.2, -0.15) is 0 Å². The van der Waals surface area contributed by atoms with Gasteiger partial charge in [-0.3, -0.25) is 9.69 Å². The summed E-state index contributed by atoms with van der Waals surface area (Å²) in [5, 5.41) is 0. The first-order valence-corrected chi connectivity index (χ1v) is 8.76. The third-order valence-electron chi connectivity index (χ3n) is 5.04. The summed E-state index contributed by atoms with van der Waals surface area (Å²) < 4.78 is 5.47. The van der Waals surface area contributed by atoms with Gasteiger partial charge in [0, 0.05) is 19.6 Å². The Morgan fingerprint density at radius 2 is 1.88 bits per heavy atom. The highest BCUT2D eigenvalue weighted by Gasteiger charge is 2.33. The molecular formula is C21H26N2O2. The molecule has 1 saturated heterocycles. The fourth-order valence-corrected chi connectivity index (χ4v) is 3.39. The molecule has 0 spiro atoms. The molecule has 1 atom stereocenters. The Morgan fingerprint density at radius 1 is 1.12 bits per heavy atom. The predicted molar refractivity (Wildman–Crippen MR) is 101 cm³/mol. The number of amides is 1. The largest absolute Gasteiger partial charge is 0.495 e. The van der Waals surface area contributed by atoms with Gasteiger partial charge in [0.25, 0.3) is 0 Å². The molecular weight excluding hydrogens is 312 g/mol. The van der Waals surface area contributed by atoms with Crippen molar-refractivity contribution in [2.45, 2.75) is 33.4 Å². The third-order valence-corrected chi connectivity index (χ3v) is 5.04.